The number of hydrogen-bond donors (Lipinski definition) is 1. The number of aliphatic hydroxyl groups is 1. The van der Waals surface area contributed by atoms with Crippen molar-refractivity contribution in [3.63, 3.8) is 0 Å². The third-order valence-corrected chi connectivity index (χ3v) is 5.08. The zero-order chi connectivity index (χ0) is 13.0. The normalized spacial score (nSPS) is 43.2. The Morgan fingerprint density at radius 3 is 2.28 bits per heavy atom. The summed E-state index contributed by atoms with van der Waals surface area (Å²) in [5.74, 6) is 1.61. The van der Waals surface area contributed by atoms with Gasteiger partial charge in [-0.05, 0) is 43.9 Å². The molecule has 2 nitrogen and oxygen atoms in total. The molecule has 0 bridgehead atoms. The number of ether oxygens (including phenoxy) is 1. The Bertz CT molecular complexity index is 241. The number of hydrogen-bond acceptors (Lipinski definition) is 2. The minimum Gasteiger partial charge on any atom is -0.390 e. The third-order valence-electron chi connectivity index (χ3n) is 5.08. The molecule has 2 fully saturated rings. The summed E-state index contributed by atoms with van der Waals surface area (Å²) in [6.07, 6.45) is 10.9. The molecule has 2 saturated carbocycles. The zero-order valence-corrected chi connectivity index (χ0v) is 12.1. The molecule has 0 amide bonds. The minimum absolute atomic E-state index is 0.107. The lowest BCUT2D eigenvalue weighted by atomic mass is 9.80. The Balaban J connectivity index is 1.82. The van der Waals surface area contributed by atoms with Crippen LogP contribution in [0.15, 0.2) is 0 Å². The first-order chi connectivity index (χ1) is 8.66. The van der Waals surface area contributed by atoms with Gasteiger partial charge >= 0.3 is 0 Å². The van der Waals surface area contributed by atoms with E-state index >= 15 is 0 Å². The van der Waals surface area contributed by atoms with Gasteiger partial charge in [0.05, 0.1) is 18.3 Å². The summed E-state index contributed by atoms with van der Waals surface area (Å²) < 4.78 is 6.25. The van der Waals surface area contributed by atoms with Crippen LogP contribution in [-0.2, 0) is 4.74 Å². The van der Waals surface area contributed by atoms with E-state index in [9.17, 15) is 5.11 Å². The van der Waals surface area contributed by atoms with E-state index < -0.39 is 0 Å². The van der Waals surface area contributed by atoms with Gasteiger partial charge in [0.25, 0.3) is 0 Å². The van der Waals surface area contributed by atoms with Gasteiger partial charge in [0, 0.05) is 0 Å². The van der Waals surface area contributed by atoms with Crippen LogP contribution in [0.4, 0.5) is 0 Å². The molecule has 0 radical (unpaired) electrons. The average molecular weight is 254 g/mol. The molecule has 0 spiro atoms. The molecule has 5 unspecified atom stereocenters. The summed E-state index contributed by atoms with van der Waals surface area (Å²) in [7, 11) is 0. The Morgan fingerprint density at radius 1 is 0.833 bits per heavy atom. The van der Waals surface area contributed by atoms with Crippen molar-refractivity contribution in [1.82, 2.24) is 0 Å². The Hall–Kier alpha value is -0.0800. The SMILES string of the molecule is CC1CCC(OC2CCCCCCC2O)CC1C. The molecular weight excluding hydrogens is 224 g/mol. The van der Waals surface area contributed by atoms with Crippen molar-refractivity contribution in [3.05, 3.63) is 0 Å². The van der Waals surface area contributed by atoms with Crippen molar-refractivity contribution in [3.8, 4) is 0 Å². The highest BCUT2D eigenvalue weighted by Crippen LogP contribution is 2.33. The quantitative estimate of drug-likeness (QED) is 0.809. The predicted octanol–water partition coefficient (Wildman–Crippen LogP) is 3.91. The Morgan fingerprint density at radius 2 is 1.56 bits per heavy atom. The topological polar surface area (TPSA) is 29.5 Å². The van der Waals surface area contributed by atoms with Crippen molar-refractivity contribution >= 4 is 0 Å². The van der Waals surface area contributed by atoms with E-state index in [-0.39, 0.29) is 12.2 Å². The molecule has 0 aromatic heterocycles. The lowest BCUT2D eigenvalue weighted by molar-refractivity contribution is -0.104. The average Bonchev–Trinajstić information content (AvgIpc) is 2.33. The van der Waals surface area contributed by atoms with Crippen LogP contribution in [0.3, 0.4) is 0 Å². The van der Waals surface area contributed by atoms with Crippen molar-refractivity contribution in [2.24, 2.45) is 11.8 Å². The fourth-order valence-electron chi connectivity index (χ4n) is 3.46. The van der Waals surface area contributed by atoms with Gasteiger partial charge in [-0.25, -0.2) is 0 Å². The molecule has 0 saturated heterocycles. The number of rotatable bonds is 2. The molecule has 2 rings (SSSR count). The maximum atomic E-state index is 10.2. The van der Waals surface area contributed by atoms with Crippen LogP contribution in [0.5, 0.6) is 0 Å². The molecule has 106 valence electrons. The summed E-state index contributed by atoms with van der Waals surface area (Å²) in [5.41, 5.74) is 0. The fraction of sp³-hybridized carbons (Fsp3) is 1.00. The molecule has 0 aromatic carbocycles. The standard InChI is InChI=1S/C16H30O2/c1-12-9-10-14(11-13(12)2)18-16-8-6-4-3-5-7-15(16)17/h12-17H,3-11H2,1-2H3. The Kier molecular flexibility index (Phi) is 5.50. The second-order valence-electron chi connectivity index (χ2n) is 6.62. The van der Waals surface area contributed by atoms with Gasteiger partial charge < -0.3 is 9.84 Å². The summed E-state index contributed by atoms with van der Waals surface area (Å²) >= 11 is 0. The van der Waals surface area contributed by atoms with Crippen LogP contribution < -0.4 is 0 Å². The lowest BCUT2D eigenvalue weighted by Crippen LogP contribution is -2.36. The van der Waals surface area contributed by atoms with E-state index in [4.69, 9.17) is 4.74 Å². The van der Waals surface area contributed by atoms with E-state index in [1.807, 2.05) is 0 Å². The molecular formula is C16H30O2. The van der Waals surface area contributed by atoms with E-state index in [2.05, 4.69) is 13.8 Å². The molecule has 0 aliphatic heterocycles. The van der Waals surface area contributed by atoms with E-state index in [0.29, 0.717) is 6.10 Å². The third kappa shape index (κ3) is 3.96. The minimum atomic E-state index is -0.222. The fourth-order valence-corrected chi connectivity index (χ4v) is 3.46. The molecule has 18 heavy (non-hydrogen) atoms. The molecule has 2 aliphatic carbocycles. The second kappa shape index (κ2) is 6.91. The highest BCUT2D eigenvalue weighted by Gasteiger charge is 2.29. The maximum absolute atomic E-state index is 10.2. The van der Waals surface area contributed by atoms with E-state index in [1.54, 1.807) is 0 Å². The van der Waals surface area contributed by atoms with Gasteiger partial charge in [0.1, 0.15) is 0 Å². The van der Waals surface area contributed by atoms with Crippen LogP contribution in [-0.4, -0.2) is 23.4 Å². The first-order valence-electron chi connectivity index (χ1n) is 8.00. The van der Waals surface area contributed by atoms with Gasteiger partial charge in [-0.3, -0.25) is 0 Å². The van der Waals surface area contributed by atoms with Crippen LogP contribution >= 0.6 is 0 Å². The van der Waals surface area contributed by atoms with Gasteiger partial charge in [-0.15, -0.1) is 0 Å². The van der Waals surface area contributed by atoms with Crippen molar-refractivity contribution in [2.45, 2.75) is 89.9 Å². The smallest absolute Gasteiger partial charge is 0.0837 e. The van der Waals surface area contributed by atoms with Gasteiger partial charge in [-0.1, -0.05) is 39.5 Å². The van der Waals surface area contributed by atoms with Crippen molar-refractivity contribution in [1.29, 1.82) is 0 Å². The summed E-state index contributed by atoms with van der Waals surface area (Å²) in [4.78, 5) is 0. The Labute approximate surface area is 112 Å². The van der Waals surface area contributed by atoms with Crippen molar-refractivity contribution < 1.29 is 9.84 Å². The highest BCUT2D eigenvalue weighted by molar-refractivity contribution is 4.79. The summed E-state index contributed by atoms with van der Waals surface area (Å²) in [6, 6.07) is 0. The van der Waals surface area contributed by atoms with Gasteiger partial charge in [0.15, 0.2) is 0 Å². The van der Waals surface area contributed by atoms with Crippen LogP contribution in [0.25, 0.3) is 0 Å². The van der Waals surface area contributed by atoms with Gasteiger partial charge in [-0.2, -0.15) is 0 Å². The highest BCUT2D eigenvalue weighted by atomic mass is 16.5. The zero-order valence-electron chi connectivity index (χ0n) is 12.1. The van der Waals surface area contributed by atoms with E-state index in [0.717, 1.165) is 24.7 Å². The maximum Gasteiger partial charge on any atom is 0.0837 e. The lowest BCUT2D eigenvalue weighted by Gasteiger charge is -2.36. The summed E-state index contributed by atoms with van der Waals surface area (Å²) in [6.45, 7) is 4.69. The first kappa shape index (κ1) is 14.3. The predicted molar refractivity (Wildman–Crippen MR) is 74.5 cm³/mol. The molecule has 0 aromatic rings. The molecule has 2 heteroatoms. The monoisotopic (exact) mass is 254 g/mol. The molecule has 0 heterocycles. The molecule has 2 aliphatic rings. The first-order valence-corrected chi connectivity index (χ1v) is 8.00. The van der Waals surface area contributed by atoms with Crippen LogP contribution in [0.1, 0.15) is 71.6 Å². The van der Waals surface area contributed by atoms with Crippen molar-refractivity contribution in [2.75, 3.05) is 0 Å². The molecule has 5 atom stereocenters. The summed E-state index contributed by atoms with van der Waals surface area (Å²) in [5, 5.41) is 10.2. The van der Waals surface area contributed by atoms with Gasteiger partial charge in [0.2, 0.25) is 0 Å². The second-order valence-corrected chi connectivity index (χ2v) is 6.62. The number of aliphatic hydroxyl groups excluding tert-OH is 1. The van der Waals surface area contributed by atoms with Crippen LogP contribution in [0.2, 0.25) is 0 Å². The molecule has 1 N–H and O–H groups in total. The van der Waals surface area contributed by atoms with E-state index in [1.165, 1.54) is 44.9 Å². The largest absolute Gasteiger partial charge is 0.390 e. The van der Waals surface area contributed by atoms with Crippen LogP contribution in [0, 0.1) is 11.8 Å².